The monoisotopic (exact) mass is 418 g/mol. The van der Waals surface area contributed by atoms with E-state index in [0.29, 0.717) is 11.4 Å². The normalized spacial score (nSPS) is 13.9. The van der Waals surface area contributed by atoms with Gasteiger partial charge in [-0.05, 0) is 79.1 Å². The molecule has 2 aromatic carbocycles. The van der Waals surface area contributed by atoms with E-state index in [4.69, 9.17) is 14.6 Å². The molecule has 0 N–H and O–H groups in total. The first-order valence-electron chi connectivity index (χ1n) is 10.6. The summed E-state index contributed by atoms with van der Waals surface area (Å²) in [5.41, 5.74) is 3.24. The van der Waals surface area contributed by atoms with Gasteiger partial charge >= 0.3 is 0 Å². The highest BCUT2D eigenvalue weighted by molar-refractivity contribution is 5.90. The number of hydrogen-bond acceptors (Lipinski definition) is 3. The largest absolute Gasteiger partial charge is 0.497 e. The van der Waals surface area contributed by atoms with Gasteiger partial charge in [-0.15, -0.1) is 0 Å². The fourth-order valence-corrected chi connectivity index (χ4v) is 3.62. The van der Waals surface area contributed by atoms with E-state index in [1.54, 1.807) is 11.8 Å². The summed E-state index contributed by atoms with van der Waals surface area (Å²) >= 11 is 0. The van der Waals surface area contributed by atoms with E-state index in [0.717, 1.165) is 45.9 Å². The highest BCUT2D eigenvalue weighted by atomic mass is 19.1. The number of nitrogens with zero attached hydrogens (tertiary/aromatic N) is 2. The maximum Gasteiger partial charge on any atom is 0.166 e. The minimum atomic E-state index is -0.283. The Labute approximate surface area is 181 Å². The van der Waals surface area contributed by atoms with Crippen LogP contribution in [-0.4, -0.2) is 23.0 Å². The van der Waals surface area contributed by atoms with Crippen LogP contribution in [0, 0.1) is 12.7 Å². The lowest BCUT2D eigenvalue weighted by Gasteiger charge is -2.12. The molecule has 3 aromatic rings. The molecule has 0 bridgehead atoms. The van der Waals surface area contributed by atoms with Crippen molar-refractivity contribution in [2.24, 2.45) is 0 Å². The summed E-state index contributed by atoms with van der Waals surface area (Å²) < 4.78 is 27.3. The van der Waals surface area contributed by atoms with E-state index in [-0.39, 0.29) is 11.9 Å². The molecule has 0 fully saturated rings. The summed E-state index contributed by atoms with van der Waals surface area (Å²) in [7, 11) is 1.67. The van der Waals surface area contributed by atoms with E-state index in [1.807, 2.05) is 44.3 Å². The van der Waals surface area contributed by atoms with Gasteiger partial charge in [-0.1, -0.05) is 25.1 Å². The van der Waals surface area contributed by atoms with Crippen LogP contribution >= 0.6 is 0 Å². The van der Waals surface area contributed by atoms with Crippen molar-refractivity contribution in [2.75, 3.05) is 7.11 Å². The maximum absolute atomic E-state index is 14.0. The first-order valence-corrected chi connectivity index (χ1v) is 10.6. The van der Waals surface area contributed by atoms with Crippen molar-refractivity contribution in [3.8, 4) is 17.2 Å². The van der Waals surface area contributed by atoms with Crippen molar-refractivity contribution in [1.29, 1.82) is 0 Å². The Morgan fingerprint density at radius 1 is 1.13 bits per heavy atom. The second-order valence-electron chi connectivity index (χ2n) is 7.85. The first kappa shape index (κ1) is 20.9. The minimum absolute atomic E-state index is 0.0418. The van der Waals surface area contributed by atoms with Gasteiger partial charge in [-0.2, -0.15) is 5.10 Å². The summed E-state index contributed by atoms with van der Waals surface area (Å²) in [6, 6.07) is 10.9. The number of halogens is 1. The van der Waals surface area contributed by atoms with Gasteiger partial charge in [0.1, 0.15) is 17.3 Å². The molecule has 4 rings (SSSR count). The predicted octanol–water partition coefficient (Wildman–Crippen LogP) is 4.55. The van der Waals surface area contributed by atoms with Crippen LogP contribution in [0.3, 0.4) is 0 Å². The summed E-state index contributed by atoms with van der Waals surface area (Å²) in [5, 5.41) is 7.02. The molecule has 0 saturated heterocycles. The number of methoxy groups -OCH3 is 1. The highest BCUT2D eigenvalue weighted by Gasteiger charge is 2.17. The fraction of sp³-hybridized carbons (Fsp3) is 0.269. The number of ether oxygens (including phenoxy) is 2. The second-order valence-corrected chi connectivity index (χ2v) is 7.85. The average Bonchev–Trinajstić information content (AvgIpc) is 3.04. The lowest BCUT2D eigenvalue weighted by Crippen LogP contribution is -2.23. The Morgan fingerprint density at radius 3 is 2.71 bits per heavy atom. The molecular formula is C26H27FN2O2. The average molecular weight is 419 g/mol. The minimum Gasteiger partial charge on any atom is -0.497 e. The Hall–Kier alpha value is -3.34. The van der Waals surface area contributed by atoms with E-state index in [1.165, 1.54) is 12.1 Å². The summed E-state index contributed by atoms with van der Waals surface area (Å²) in [5.74, 6) is 1.24. The molecule has 31 heavy (non-hydrogen) atoms. The van der Waals surface area contributed by atoms with Crippen LogP contribution in [0.15, 0.2) is 48.7 Å². The van der Waals surface area contributed by atoms with Crippen molar-refractivity contribution in [3.63, 3.8) is 0 Å². The number of benzene rings is 2. The van der Waals surface area contributed by atoms with Crippen molar-refractivity contribution < 1.29 is 13.9 Å². The summed E-state index contributed by atoms with van der Waals surface area (Å²) in [6.07, 6.45) is 9.95. The number of rotatable bonds is 6. The third kappa shape index (κ3) is 4.55. The van der Waals surface area contributed by atoms with Crippen LogP contribution in [0.1, 0.15) is 37.9 Å². The van der Waals surface area contributed by atoms with Crippen LogP contribution < -0.4 is 19.9 Å². The molecular weight excluding hydrogens is 391 g/mol. The van der Waals surface area contributed by atoms with Crippen molar-refractivity contribution in [1.82, 2.24) is 9.78 Å². The Morgan fingerprint density at radius 2 is 1.97 bits per heavy atom. The quantitative estimate of drug-likeness (QED) is 0.589. The number of aromatic nitrogens is 2. The van der Waals surface area contributed by atoms with Crippen LogP contribution in [0.2, 0.25) is 0 Å². The summed E-state index contributed by atoms with van der Waals surface area (Å²) in [4.78, 5) is 0. The Kier molecular flexibility index (Phi) is 5.94. The fourth-order valence-electron chi connectivity index (χ4n) is 3.62. The molecule has 1 aliphatic carbocycles. The van der Waals surface area contributed by atoms with E-state index in [9.17, 15) is 4.39 Å². The molecule has 4 nitrogen and oxygen atoms in total. The summed E-state index contributed by atoms with van der Waals surface area (Å²) in [6.45, 7) is 5.99. The van der Waals surface area contributed by atoms with Gasteiger partial charge in [0.05, 0.1) is 25.1 Å². The molecule has 0 aliphatic heterocycles. The molecule has 5 heteroatoms. The lowest BCUT2D eigenvalue weighted by atomic mass is 10.1. The zero-order valence-corrected chi connectivity index (χ0v) is 18.4. The van der Waals surface area contributed by atoms with E-state index >= 15 is 0 Å². The third-order valence-electron chi connectivity index (χ3n) is 5.43. The number of aryl methyl sites for hydroxylation is 1. The number of hydrogen-bond donors (Lipinski definition) is 0. The number of allylic oxidation sites excluding steroid dienone is 2. The molecule has 1 aromatic heterocycles. The van der Waals surface area contributed by atoms with Gasteiger partial charge in [-0.25, -0.2) is 9.07 Å². The van der Waals surface area contributed by atoms with Gasteiger partial charge in [0, 0.05) is 5.57 Å². The SMILES string of the molecule is CCC(C)Oc1cn(-c2cc(C)cc(F)c2)nc1C1=CCC=c2cc(OC)ccc2=C1. The van der Waals surface area contributed by atoms with Crippen molar-refractivity contribution in [2.45, 2.75) is 39.7 Å². The van der Waals surface area contributed by atoms with E-state index < -0.39 is 0 Å². The molecule has 0 amide bonds. The molecule has 0 saturated carbocycles. The van der Waals surface area contributed by atoms with Gasteiger partial charge in [-0.3, -0.25) is 0 Å². The van der Waals surface area contributed by atoms with Crippen molar-refractivity contribution >= 4 is 17.7 Å². The predicted molar refractivity (Wildman–Crippen MR) is 122 cm³/mol. The molecule has 0 spiro atoms. The van der Waals surface area contributed by atoms with E-state index in [2.05, 4.69) is 25.2 Å². The highest BCUT2D eigenvalue weighted by Crippen LogP contribution is 2.30. The molecule has 1 unspecified atom stereocenters. The maximum atomic E-state index is 14.0. The molecule has 1 atom stereocenters. The van der Waals surface area contributed by atoms with Gasteiger partial charge < -0.3 is 9.47 Å². The smallest absolute Gasteiger partial charge is 0.166 e. The van der Waals surface area contributed by atoms with Crippen molar-refractivity contribution in [3.05, 3.63) is 76.2 Å². The zero-order valence-electron chi connectivity index (χ0n) is 18.4. The standard InChI is InChI=1S/C26H27FN2O2/c1-5-18(3)31-25-16-29(23-12-17(2)11-22(27)15-23)28-26(25)21-8-6-7-19-14-24(30-4)10-9-20(19)13-21/h7-16,18H,5-6H2,1-4H3. The molecule has 0 radical (unpaired) electrons. The first-order chi connectivity index (χ1) is 15.0. The van der Waals surface area contributed by atoms with Gasteiger partial charge in [0.25, 0.3) is 0 Å². The van der Waals surface area contributed by atoms with Crippen LogP contribution in [-0.2, 0) is 0 Å². The third-order valence-corrected chi connectivity index (χ3v) is 5.43. The zero-order chi connectivity index (χ0) is 22.0. The Bertz CT molecular complexity index is 1240. The second kappa shape index (κ2) is 8.80. The number of fused-ring (bicyclic) bond motifs is 1. The molecule has 1 heterocycles. The van der Waals surface area contributed by atoms with Gasteiger partial charge in [0.15, 0.2) is 5.75 Å². The van der Waals surface area contributed by atoms with Crippen LogP contribution in [0.5, 0.6) is 11.5 Å². The lowest BCUT2D eigenvalue weighted by molar-refractivity contribution is 0.217. The van der Waals surface area contributed by atoms with Crippen LogP contribution in [0.4, 0.5) is 4.39 Å². The van der Waals surface area contributed by atoms with Crippen LogP contribution in [0.25, 0.3) is 23.4 Å². The van der Waals surface area contributed by atoms with Gasteiger partial charge in [0.2, 0.25) is 0 Å². The topological polar surface area (TPSA) is 36.3 Å². The molecule has 160 valence electrons. The molecule has 1 aliphatic rings. The Balaban J connectivity index is 1.83.